The topological polar surface area (TPSA) is 69.6 Å². The maximum Gasteiger partial charge on any atom is 0.409 e. The first-order chi connectivity index (χ1) is 15.1. The van der Waals surface area contributed by atoms with Crippen LogP contribution < -0.4 is 10.1 Å². The van der Waals surface area contributed by atoms with Crippen LogP contribution in [0.3, 0.4) is 0 Å². The summed E-state index contributed by atoms with van der Waals surface area (Å²) in [6.07, 6.45) is 2.17. The number of nitrogens with zero attached hydrogens (tertiary/aromatic N) is 4. The van der Waals surface area contributed by atoms with E-state index in [-0.39, 0.29) is 6.09 Å². The molecule has 0 unspecified atom stereocenters. The van der Waals surface area contributed by atoms with Gasteiger partial charge in [-0.25, -0.2) is 4.79 Å². The van der Waals surface area contributed by atoms with E-state index in [0.717, 1.165) is 51.0 Å². The van der Waals surface area contributed by atoms with Crippen molar-refractivity contribution in [3.05, 3.63) is 29.8 Å². The Morgan fingerprint density at radius 2 is 1.71 bits per heavy atom. The summed E-state index contributed by atoms with van der Waals surface area (Å²) in [5, 5.41) is 3.56. The van der Waals surface area contributed by atoms with Crippen LogP contribution in [0.1, 0.15) is 25.3 Å². The zero-order valence-corrected chi connectivity index (χ0v) is 19.2. The standard InChI is InChI=1S/C23H37N5O3/c1-4-31-23(29)28-15-13-27(14-16-28)22(24-2)25-17-19-9-11-26(12-10-19)18-20-5-7-21(30-3)8-6-20/h5-8,19H,4,9-18H2,1-3H3,(H,24,25). The van der Waals surface area contributed by atoms with E-state index in [4.69, 9.17) is 9.47 Å². The largest absolute Gasteiger partial charge is 0.497 e. The third-order valence-electron chi connectivity index (χ3n) is 6.14. The summed E-state index contributed by atoms with van der Waals surface area (Å²) in [6, 6.07) is 8.37. The Balaban J connectivity index is 1.37. The molecule has 2 saturated heterocycles. The molecule has 1 aromatic carbocycles. The van der Waals surface area contributed by atoms with Gasteiger partial charge in [0.15, 0.2) is 5.96 Å². The number of benzene rings is 1. The summed E-state index contributed by atoms with van der Waals surface area (Å²) in [4.78, 5) is 22.9. The van der Waals surface area contributed by atoms with Crippen LogP contribution in [-0.4, -0.2) is 93.3 Å². The number of likely N-dealkylation sites (tertiary alicyclic amines) is 1. The van der Waals surface area contributed by atoms with Gasteiger partial charge in [0.2, 0.25) is 0 Å². The predicted octanol–water partition coefficient (Wildman–Crippen LogP) is 2.26. The van der Waals surface area contributed by atoms with Gasteiger partial charge in [0.05, 0.1) is 13.7 Å². The Hall–Kier alpha value is -2.48. The Morgan fingerprint density at radius 3 is 2.29 bits per heavy atom. The molecule has 8 heteroatoms. The third kappa shape index (κ3) is 6.75. The van der Waals surface area contributed by atoms with Gasteiger partial charge in [-0.3, -0.25) is 9.89 Å². The predicted molar refractivity (Wildman–Crippen MR) is 123 cm³/mol. The summed E-state index contributed by atoms with van der Waals surface area (Å²) in [6.45, 7) is 9.33. The fourth-order valence-electron chi connectivity index (χ4n) is 4.22. The molecular formula is C23H37N5O3. The molecule has 0 aliphatic carbocycles. The fraction of sp³-hybridized carbons (Fsp3) is 0.652. The molecular weight excluding hydrogens is 394 g/mol. The number of piperidine rings is 1. The molecule has 0 saturated carbocycles. The highest BCUT2D eigenvalue weighted by molar-refractivity contribution is 5.80. The van der Waals surface area contributed by atoms with Crippen LogP contribution in [0.2, 0.25) is 0 Å². The molecule has 0 radical (unpaired) electrons. The zero-order chi connectivity index (χ0) is 22.1. The summed E-state index contributed by atoms with van der Waals surface area (Å²) < 4.78 is 10.3. The van der Waals surface area contributed by atoms with Gasteiger partial charge >= 0.3 is 6.09 Å². The van der Waals surface area contributed by atoms with E-state index in [9.17, 15) is 4.79 Å². The quantitative estimate of drug-likeness (QED) is 0.550. The summed E-state index contributed by atoms with van der Waals surface area (Å²) in [7, 11) is 3.53. The smallest absolute Gasteiger partial charge is 0.409 e. The Morgan fingerprint density at radius 1 is 1.06 bits per heavy atom. The molecule has 31 heavy (non-hydrogen) atoms. The highest BCUT2D eigenvalue weighted by Crippen LogP contribution is 2.20. The molecule has 172 valence electrons. The number of rotatable bonds is 6. The van der Waals surface area contributed by atoms with Crippen molar-refractivity contribution < 1.29 is 14.3 Å². The normalized spacial score (nSPS) is 18.7. The molecule has 1 amide bonds. The molecule has 0 spiro atoms. The van der Waals surface area contributed by atoms with Crippen LogP contribution in [0.15, 0.2) is 29.3 Å². The number of nitrogens with one attached hydrogen (secondary N) is 1. The van der Waals surface area contributed by atoms with E-state index >= 15 is 0 Å². The molecule has 2 heterocycles. The number of aliphatic imine (C=N–C) groups is 1. The minimum absolute atomic E-state index is 0.216. The Bertz CT molecular complexity index is 708. The summed E-state index contributed by atoms with van der Waals surface area (Å²) in [5.41, 5.74) is 1.33. The van der Waals surface area contributed by atoms with E-state index in [1.165, 1.54) is 18.4 Å². The molecule has 2 aliphatic rings. The van der Waals surface area contributed by atoms with E-state index in [2.05, 4.69) is 32.2 Å². The number of guanidine groups is 1. The number of amides is 1. The first kappa shape index (κ1) is 23.2. The highest BCUT2D eigenvalue weighted by atomic mass is 16.6. The lowest BCUT2D eigenvalue weighted by Gasteiger charge is -2.37. The molecule has 0 atom stereocenters. The van der Waals surface area contributed by atoms with Gasteiger partial charge < -0.3 is 24.6 Å². The lowest BCUT2D eigenvalue weighted by molar-refractivity contribution is 0.0913. The fourth-order valence-corrected chi connectivity index (χ4v) is 4.22. The molecule has 1 N–H and O–H groups in total. The molecule has 8 nitrogen and oxygen atoms in total. The highest BCUT2D eigenvalue weighted by Gasteiger charge is 2.25. The zero-order valence-electron chi connectivity index (χ0n) is 19.2. The second kappa shape index (κ2) is 11.8. The lowest BCUT2D eigenvalue weighted by atomic mass is 9.96. The van der Waals surface area contributed by atoms with Gasteiger partial charge in [-0.05, 0) is 56.5 Å². The average Bonchev–Trinajstić information content (AvgIpc) is 2.81. The van der Waals surface area contributed by atoms with Gasteiger partial charge in [0.1, 0.15) is 5.75 Å². The van der Waals surface area contributed by atoms with E-state index < -0.39 is 0 Å². The number of hydrogen-bond acceptors (Lipinski definition) is 5. The minimum Gasteiger partial charge on any atom is -0.497 e. The maximum atomic E-state index is 11.9. The first-order valence-corrected chi connectivity index (χ1v) is 11.4. The van der Waals surface area contributed by atoms with Crippen molar-refractivity contribution in [2.75, 3.05) is 66.6 Å². The van der Waals surface area contributed by atoms with Gasteiger partial charge in [-0.2, -0.15) is 0 Å². The second-order valence-corrected chi connectivity index (χ2v) is 8.17. The van der Waals surface area contributed by atoms with Crippen molar-refractivity contribution in [1.29, 1.82) is 0 Å². The number of carbonyl (C=O) groups excluding carboxylic acids is 1. The van der Waals surface area contributed by atoms with Crippen molar-refractivity contribution in [2.24, 2.45) is 10.9 Å². The molecule has 1 aromatic rings. The van der Waals surface area contributed by atoms with Crippen LogP contribution in [-0.2, 0) is 11.3 Å². The molecule has 2 fully saturated rings. The van der Waals surface area contributed by atoms with Crippen molar-refractivity contribution >= 4 is 12.1 Å². The Labute approximate surface area is 186 Å². The third-order valence-corrected chi connectivity index (χ3v) is 6.14. The van der Waals surface area contributed by atoms with Crippen molar-refractivity contribution in [3.8, 4) is 5.75 Å². The number of piperazine rings is 1. The molecule has 3 rings (SSSR count). The van der Waals surface area contributed by atoms with Crippen molar-refractivity contribution in [1.82, 2.24) is 20.0 Å². The van der Waals surface area contributed by atoms with Crippen molar-refractivity contribution in [2.45, 2.75) is 26.3 Å². The van der Waals surface area contributed by atoms with Crippen LogP contribution in [0.25, 0.3) is 0 Å². The maximum absolute atomic E-state index is 11.9. The van der Waals surface area contributed by atoms with Gasteiger partial charge in [-0.1, -0.05) is 12.1 Å². The number of carbonyl (C=O) groups is 1. The first-order valence-electron chi connectivity index (χ1n) is 11.4. The van der Waals surface area contributed by atoms with Crippen LogP contribution in [0.5, 0.6) is 5.75 Å². The minimum atomic E-state index is -0.216. The van der Waals surface area contributed by atoms with Gasteiger partial charge in [0.25, 0.3) is 0 Å². The van der Waals surface area contributed by atoms with Crippen LogP contribution in [0, 0.1) is 5.92 Å². The van der Waals surface area contributed by atoms with Gasteiger partial charge in [-0.15, -0.1) is 0 Å². The second-order valence-electron chi connectivity index (χ2n) is 8.17. The van der Waals surface area contributed by atoms with Crippen molar-refractivity contribution in [3.63, 3.8) is 0 Å². The summed E-state index contributed by atoms with van der Waals surface area (Å²) >= 11 is 0. The molecule has 2 aliphatic heterocycles. The lowest BCUT2D eigenvalue weighted by Crippen LogP contribution is -2.54. The molecule has 0 aromatic heterocycles. The van der Waals surface area contributed by atoms with Crippen LogP contribution >= 0.6 is 0 Å². The average molecular weight is 432 g/mol. The van der Waals surface area contributed by atoms with E-state index in [1.54, 1.807) is 12.0 Å². The van der Waals surface area contributed by atoms with E-state index in [1.807, 2.05) is 26.1 Å². The number of methoxy groups -OCH3 is 1. The van der Waals surface area contributed by atoms with Gasteiger partial charge in [0, 0.05) is 46.3 Å². The summed E-state index contributed by atoms with van der Waals surface area (Å²) in [5.74, 6) is 2.50. The molecule has 0 bridgehead atoms. The monoisotopic (exact) mass is 431 g/mol. The SMILES string of the molecule is CCOC(=O)N1CCN(C(=NC)NCC2CCN(Cc3ccc(OC)cc3)CC2)CC1. The number of ether oxygens (including phenoxy) is 2. The number of hydrogen-bond donors (Lipinski definition) is 1. The van der Waals surface area contributed by atoms with Crippen LogP contribution in [0.4, 0.5) is 4.79 Å². The van der Waals surface area contributed by atoms with E-state index in [0.29, 0.717) is 25.6 Å². The Kier molecular flexibility index (Phi) is 8.82.